The summed E-state index contributed by atoms with van der Waals surface area (Å²) in [6.45, 7) is 0.494. The molecular weight excluding hydrogens is 263 g/mol. The topological polar surface area (TPSA) is 42.0 Å². The third-order valence-corrected chi connectivity index (χ3v) is 3.52. The third-order valence-electron chi connectivity index (χ3n) is 2.18. The second-order valence-corrected chi connectivity index (χ2v) is 4.84. The van der Waals surface area contributed by atoms with E-state index >= 15 is 0 Å². The van der Waals surface area contributed by atoms with Crippen LogP contribution in [0.4, 0.5) is 4.39 Å². The van der Waals surface area contributed by atoms with Crippen LogP contribution < -0.4 is 5.32 Å². The van der Waals surface area contributed by atoms with Crippen LogP contribution in [0.3, 0.4) is 0 Å². The van der Waals surface area contributed by atoms with Crippen LogP contribution in [0.25, 0.3) is 10.2 Å². The van der Waals surface area contributed by atoms with Crippen LogP contribution in [0.15, 0.2) is 18.2 Å². The number of aromatic nitrogens is 1. The fourth-order valence-electron chi connectivity index (χ4n) is 1.41. The van der Waals surface area contributed by atoms with E-state index in [0.717, 1.165) is 9.71 Å². The van der Waals surface area contributed by atoms with E-state index in [1.807, 2.05) is 0 Å². The van der Waals surface area contributed by atoms with Gasteiger partial charge in [-0.3, -0.25) is 4.79 Å². The van der Waals surface area contributed by atoms with Gasteiger partial charge in [-0.05, 0) is 12.1 Å². The summed E-state index contributed by atoms with van der Waals surface area (Å²) in [4.78, 5) is 15.2. The molecule has 0 unspecified atom stereocenters. The number of thiazole rings is 1. The van der Waals surface area contributed by atoms with Crippen molar-refractivity contribution in [3.05, 3.63) is 29.0 Å². The van der Waals surface area contributed by atoms with Crippen molar-refractivity contribution < 1.29 is 9.18 Å². The maximum Gasteiger partial charge on any atom is 0.234 e. The van der Waals surface area contributed by atoms with Crippen LogP contribution in [0.5, 0.6) is 0 Å². The molecule has 0 saturated carbocycles. The second kappa shape index (κ2) is 5.42. The Hall–Kier alpha value is -1.20. The van der Waals surface area contributed by atoms with Gasteiger partial charge >= 0.3 is 0 Å². The molecule has 1 aromatic carbocycles. The van der Waals surface area contributed by atoms with Crippen LogP contribution in [0.1, 0.15) is 5.01 Å². The van der Waals surface area contributed by atoms with Crippen molar-refractivity contribution in [2.24, 2.45) is 0 Å². The van der Waals surface area contributed by atoms with Crippen LogP contribution in [-0.4, -0.2) is 23.3 Å². The Morgan fingerprint density at radius 3 is 3.12 bits per heavy atom. The number of fused-ring (bicyclic) bond motifs is 1. The van der Waals surface area contributed by atoms with Gasteiger partial charge in [-0.2, -0.15) is 0 Å². The molecule has 2 aromatic rings. The maximum absolute atomic E-state index is 12.9. The molecule has 1 aromatic heterocycles. The van der Waals surface area contributed by atoms with Crippen molar-refractivity contribution in [2.75, 3.05) is 12.4 Å². The Kier molecular flexibility index (Phi) is 3.91. The lowest BCUT2D eigenvalue weighted by molar-refractivity contribution is -0.118. The number of carbonyl (C=O) groups excluding carboxylic acids is 1. The van der Waals surface area contributed by atoms with Gasteiger partial charge in [0.05, 0.1) is 15.2 Å². The van der Waals surface area contributed by atoms with Crippen LogP contribution in [0, 0.1) is 5.82 Å². The quantitative estimate of drug-likeness (QED) is 0.868. The third kappa shape index (κ3) is 3.14. The molecule has 17 heavy (non-hydrogen) atoms. The minimum Gasteiger partial charge on any atom is -0.355 e. The largest absolute Gasteiger partial charge is 0.355 e. The predicted molar refractivity (Wildman–Crippen MR) is 67.0 cm³/mol. The summed E-state index contributed by atoms with van der Waals surface area (Å²) in [5, 5.41) is 3.53. The number of benzene rings is 1. The summed E-state index contributed by atoms with van der Waals surface area (Å²) in [7, 11) is 0. The predicted octanol–water partition coefficient (Wildman–Crippen LogP) is 2.33. The number of halogens is 2. The molecule has 6 heteroatoms. The summed E-state index contributed by atoms with van der Waals surface area (Å²) in [5.41, 5.74) is 0.661. The van der Waals surface area contributed by atoms with E-state index in [9.17, 15) is 9.18 Å². The monoisotopic (exact) mass is 272 g/mol. The van der Waals surface area contributed by atoms with Crippen molar-refractivity contribution >= 4 is 39.1 Å². The molecule has 3 nitrogen and oxygen atoms in total. The number of alkyl halides is 1. The molecule has 0 aliphatic heterocycles. The van der Waals surface area contributed by atoms with E-state index in [4.69, 9.17) is 11.6 Å². The minimum absolute atomic E-state index is 0.0367. The van der Waals surface area contributed by atoms with E-state index in [-0.39, 0.29) is 17.6 Å². The van der Waals surface area contributed by atoms with Gasteiger partial charge in [0, 0.05) is 19.0 Å². The molecule has 0 aliphatic rings. The van der Waals surface area contributed by atoms with Crippen molar-refractivity contribution in [3.8, 4) is 0 Å². The van der Waals surface area contributed by atoms with Gasteiger partial charge in [0.1, 0.15) is 11.7 Å². The van der Waals surface area contributed by atoms with Gasteiger partial charge in [0.2, 0.25) is 5.91 Å². The molecule has 0 bridgehead atoms. The molecule has 0 spiro atoms. The SMILES string of the molecule is O=C(CCl)NCCc1nc2cc(F)ccc2s1. The number of nitrogens with one attached hydrogen (secondary N) is 1. The molecule has 1 N–H and O–H groups in total. The van der Waals surface area contributed by atoms with E-state index in [2.05, 4.69) is 10.3 Å². The van der Waals surface area contributed by atoms with Gasteiger partial charge in [0.15, 0.2) is 0 Å². The average Bonchev–Trinajstić information content (AvgIpc) is 2.70. The minimum atomic E-state index is -0.287. The smallest absolute Gasteiger partial charge is 0.234 e. The van der Waals surface area contributed by atoms with Crippen molar-refractivity contribution in [3.63, 3.8) is 0 Å². The lowest BCUT2D eigenvalue weighted by Gasteiger charge is -1.99. The number of nitrogens with zero attached hydrogens (tertiary/aromatic N) is 1. The van der Waals surface area contributed by atoms with Crippen molar-refractivity contribution in [1.29, 1.82) is 0 Å². The Morgan fingerprint density at radius 2 is 2.35 bits per heavy atom. The molecule has 0 fully saturated rings. The highest BCUT2D eigenvalue weighted by Crippen LogP contribution is 2.22. The molecule has 0 aliphatic carbocycles. The molecule has 90 valence electrons. The molecular formula is C11H10ClFN2OS. The molecule has 0 radical (unpaired) electrons. The van der Waals surface area contributed by atoms with Crippen molar-refractivity contribution in [1.82, 2.24) is 10.3 Å². The Morgan fingerprint density at radius 1 is 1.53 bits per heavy atom. The zero-order chi connectivity index (χ0) is 12.3. The van der Waals surface area contributed by atoms with E-state index in [0.29, 0.717) is 18.5 Å². The number of carbonyl (C=O) groups is 1. The zero-order valence-corrected chi connectivity index (χ0v) is 10.4. The van der Waals surface area contributed by atoms with E-state index in [1.54, 1.807) is 6.07 Å². The maximum atomic E-state index is 12.9. The Balaban J connectivity index is 2.02. The standard InChI is InChI=1S/C11H10ClFN2OS/c12-6-10(16)14-4-3-11-15-8-5-7(13)1-2-9(8)17-11/h1-2,5H,3-4,6H2,(H,14,16). The lowest BCUT2D eigenvalue weighted by atomic mass is 10.3. The van der Waals surface area contributed by atoms with Gasteiger partial charge < -0.3 is 5.32 Å². The summed E-state index contributed by atoms with van der Waals surface area (Å²) in [6, 6.07) is 4.54. The zero-order valence-electron chi connectivity index (χ0n) is 8.87. The van der Waals surface area contributed by atoms with Crippen LogP contribution in [-0.2, 0) is 11.2 Å². The van der Waals surface area contributed by atoms with Crippen LogP contribution >= 0.6 is 22.9 Å². The number of hydrogen-bond acceptors (Lipinski definition) is 3. The normalized spacial score (nSPS) is 10.7. The average molecular weight is 273 g/mol. The second-order valence-electron chi connectivity index (χ2n) is 3.45. The number of amides is 1. The number of rotatable bonds is 4. The van der Waals surface area contributed by atoms with Crippen LogP contribution in [0.2, 0.25) is 0 Å². The molecule has 0 atom stereocenters. The lowest BCUT2D eigenvalue weighted by Crippen LogP contribution is -2.26. The first-order chi connectivity index (χ1) is 8.19. The first-order valence-electron chi connectivity index (χ1n) is 5.06. The Labute approximate surface area is 107 Å². The fraction of sp³-hybridized carbons (Fsp3) is 0.273. The highest BCUT2D eigenvalue weighted by atomic mass is 35.5. The van der Waals surface area contributed by atoms with Gasteiger partial charge in [-0.25, -0.2) is 9.37 Å². The highest BCUT2D eigenvalue weighted by molar-refractivity contribution is 7.18. The van der Waals surface area contributed by atoms with Gasteiger partial charge in [-0.1, -0.05) is 0 Å². The molecule has 0 saturated heterocycles. The first kappa shape index (κ1) is 12.3. The molecule has 1 amide bonds. The summed E-state index contributed by atoms with van der Waals surface area (Å²) >= 11 is 6.85. The molecule has 2 rings (SSSR count). The van der Waals surface area contributed by atoms with E-state index in [1.165, 1.54) is 23.5 Å². The van der Waals surface area contributed by atoms with Gasteiger partial charge in [0.25, 0.3) is 0 Å². The fourth-order valence-corrected chi connectivity index (χ4v) is 2.45. The molecule has 1 heterocycles. The van der Waals surface area contributed by atoms with Crippen molar-refractivity contribution in [2.45, 2.75) is 6.42 Å². The van der Waals surface area contributed by atoms with E-state index < -0.39 is 0 Å². The summed E-state index contributed by atoms with van der Waals surface area (Å²) in [5.74, 6) is -0.519. The highest BCUT2D eigenvalue weighted by Gasteiger charge is 2.05. The first-order valence-corrected chi connectivity index (χ1v) is 6.42. The summed E-state index contributed by atoms with van der Waals surface area (Å²) in [6.07, 6.45) is 0.629. The number of hydrogen-bond donors (Lipinski definition) is 1. The Bertz CT molecular complexity index is 543. The van der Waals surface area contributed by atoms with Gasteiger partial charge in [-0.15, -0.1) is 22.9 Å². The summed E-state index contributed by atoms with van der Waals surface area (Å²) < 4.78 is 13.9.